The Morgan fingerprint density at radius 3 is 2.89 bits per heavy atom. The van der Waals surface area contributed by atoms with Crippen LogP contribution in [0.1, 0.15) is 12.0 Å². The summed E-state index contributed by atoms with van der Waals surface area (Å²) in [6.07, 6.45) is 2.61. The van der Waals surface area contributed by atoms with Crippen molar-refractivity contribution in [1.29, 1.82) is 0 Å². The number of fused-ring (bicyclic) bond motifs is 1. The van der Waals surface area contributed by atoms with Gasteiger partial charge in [-0.25, -0.2) is 0 Å². The molecule has 0 atom stereocenters. The van der Waals surface area contributed by atoms with Crippen molar-refractivity contribution in [3.63, 3.8) is 0 Å². The monoisotopic (exact) mass is 254 g/mol. The van der Waals surface area contributed by atoms with E-state index >= 15 is 0 Å². The van der Waals surface area contributed by atoms with Gasteiger partial charge in [-0.1, -0.05) is 12.1 Å². The van der Waals surface area contributed by atoms with Crippen LogP contribution in [0.2, 0.25) is 0 Å². The van der Waals surface area contributed by atoms with E-state index in [1.165, 1.54) is 0 Å². The first kappa shape index (κ1) is 11.8. The summed E-state index contributed by atoms with van der Waals surface area (Å²) in [6, 6.07) is 10.0. The van der Waals surface area contributed by atoms with Crippen LogP contribution in [0.25, 0.3) is 10.9 Å². The Bertz CT molecular complexity index is 651. The van der Waals surface area contributed by atoms with E-state index in [1.807, 2.05) is 24.3 Å². The zero-order chi connectivity index (χ0) is 13.2. The first-order chi connectivity index (χ1) is 9.22. The van der Waals surface area contributed by atoms with Crippen molar-refractivity contribution in [3.05, 3.63) is 42.1 Å². The summed E-state index contributed by atoms with van der Waals surface area (Å²) in [4.78, 5) is 28.6. The lowest BCUT2D eigenvalue weighted by Crippen LogP contribution is -2.27. The molecule has 2 heterocycles. The Morgan fingerprint density at radius 1 is 1.21 bits per heavy atom. The average Bonchev–Trinajstić information content (AvgIpc) is 2.74. The fourth-order valence-corrected chi connectivity index (χ4v) is 2.39. The van der Waals surface area contributed by atoms with E-state index in [4.69, 9.17) is 0 Å². The summed E-state index contributed by atoms with van der Waals surface area (Å²) in [6.45, 7) is 0.879. The summed E-state index contributed by atoms with van der Waals surface area (Å²) >= 11 is 0. The molecule has 1 aromatic carbocycles. The topological polar surface area (TPSA) is 50.3 Å². The number of carbonyl (C=O) groups excluding carboxylic acids is 2. The molecule has 2 aromatic rings. The average molecular weight is 254 g/mol. The Morgan fingerprint density at radius 2 is 2.11 bits per heavy atom. The van der Waals surface area contributed by atoms with Crippen LogP contribution < -0.4 is 0 Å². The van der Waals surface area contributed by atoms with Gasteiger partial charge in [0, 0.05) is 18.1 Å². The van der Waals surface area contributed by atoms with Gasteiger partial charge in [-0.05, 0) is 30.2 Å². The molecule has 1 amide bonds. The highest BCUT2D eigenvalue weighted by Gasteiger charge is 2.26. The number of aromatic nitrogens is 1. The molecule has 0 radical (unpaired) electrons. The number of hydrogen-bond donors (Lipinski definition) is 0. The molecule has 0 spiro atoms. The zero-order valence-electron chi connectivity index (χ0n) is 10.5. The van der Waals surface area contributed by atoms with Crippen LogP contribution in [0, 0.1) is 0 Å². The van der Waals surface area contributed by atoms with Crippen LogP contribution in [0.3, 0.4) is 0 Å². The standard InChI is InChI=1S/C15H14N2O2/c18-13-9-15(19)17(10-13)7-5-11-3-4-14-12(8-11)2-1-6-16-14/h1-4,6,8H,5,7,9-10H2. The third kappa shape index (κ3) is 2.47. The molecule has 1 aliphatic heterocycles. The number of benzene rings is 1. The molecule has 1 aromatic heterocycles. The highest BCUT2D eigenvalue weighted by atomic mass is 16.2. The van der Waals surface area contributed by atoms with E-state index in [9.17, 15) is 9.59 Å². The predicted octanol–water partition coefficient (Wildman–Crippen LogP) is 1.58. The number of amides is 1. The van der Waals surface area contributed by atoms with Crippen molar-refractivity contribution in [3.8, 4) is 0 Å². The molecule has 0 saturated carbocycles. The Balaban J connectivity index is 1.71. The molecule has 0 unspecified atom stereocenters. The van der Waals surface area contributed by atoms with Gasteiger partial charge in [-0.3, -0.25) is 14.6 Å². The second-order valence-electron chi connectivity index (χ2n) is 4.81. The van der Waals surface area contributed by atoms with Crippen molar-refractivity contribution in [2.45, 2.75) is 12.8 Å². The smallest absolute Gasteiger partial charge is 0.230 e. The third-order valence-corrected chi connectivity index (χ3v) is 3.41. The molecular weight excluding hydrogens is 240 g/mol. The number of rotatable bonds is 3. The molecule has 4 heteroatoms. The zero-order valence-corrected chi connectivity index (χ0v) is 10.5. The number of carbonyl (C=O) groups is 2. The van der Waals surface area contributed by atoms with Gasteiger partial charge in [0.05, 0.1) is 18.5 Å². The first-order valence-corrected chi connectivity index (χ1v) is 6.35. The number of nitrogens with zero attached hydrogens (tertiary/aromatic N) is 2. The van der Waals surface area contributed by atoms with E-state index in [2.05, 4.69) is 11.1 Å². The van der Waals surface area contributed by atoms with E-state index in [0.717, 1.165) is 22.9 Å². The Labute approximate surface area is 111 Å². The van der Waals surface area contributed by atoms with Gasteiger partial charge in [0.15, 0.2) is 5.78 Å². The minimum Gasteiger partial charge on any atom is -0.335 e. The molecule has 0 aliphatic carbocycles. The maximum absolute atomic E-state index is 11.5. The van der Waals surface area contributed by atoms with Crippen LogP contribution >= 0.6 is 0 Å². The molecule has 0 bridgehead atoms. The lowest BCUT2D eigenvalue weighted by molar-refractivity contribution is -0.127. The summed E-state index contributed by atoms with van der Waals surface area (Å²) in [5.41, 5.74) is 2.13. The molecule has 4 nitrogen and oxygen atoms in total. The molecular formula is C15H14N2O2. The molecule has 1 saturated heterocycles. The van der Waals surface area contributed by atoms with E-state index in [1.54, 1.807) is 11.1 Å². The number of ketones is 1. The first-order valence-electron chi connectivity index (χ1n) is 6.35. The summed E-state index contributed by atoms with van der Waals surface area (Å²) in [5, 5.41) is 1.10. The molecule has 1 fully saturated rings. The second-order valence-corrected chi connectivity index (χ2v) is 4.81. The third-order valence-electron chi connectivity index (χ3n) is 3.41. The fraction of sp³-hybridized carbons (Fsp3) is 0.267. The molecule has 0 N–H and O–H groups in total. The van der Waals surface area contributed by atoms with Crippen LogP contribution in [0.4, 0.5) is 0 Å². The molecule has 3 rings (SSSR count). The van der Waals surface area contributed by atoms with Crippen molar-refractivity contribution in [2.24, 2.45) is 0 Å². The molecule has 19 heavy (non-hydrogen) atoms. The van der Waals surface area contributed by atoms with Crippen molar-refractivity contribution < 1.29 is 9.59 Å². The normalized spacial score (nSPS) is 15.5. The lowest BCUT2D eigenvalue weighted by atomic mass is 10.1. The maximum atomic E-state index is 11.5. The van der Waals surface area contributed by atoms with Gasteiger partial charge < -0.3 is 4.90 Å². The highest BCUT2D eigenvalue weighted by Crippen LogP contribution is 2.15. The number of pyridine rings is 1. The van der Waals surface area contributed by atoms with Crippen LogP contribution in [-0.2, 0) is 16.0 Å². The van der Waals surface area contributed by atoms with Crippen molar-refractivity contribution >= 4 is 22.6 Å². The fourth-order valence-electron chi connectivity index (χ4n) is 2.39. The van der Waals surface area contributed by atoms with Gasteiger partial charge in [-0.15, -0.1) is 0 Å². The Hall–Kier alpha value is -2.23. The van der Waals surface area contributed by atoms with Crippen LogP contribution in [0.15, 0.2) is 36.5 Å². The largest absolute Gasteiger partial charge is 0.335 e. The van der Waals surface area contributed by atoms with Gasteiger partial charge >= 0.3 is 0 Å². The predicted molar refractivity (Wildman–Crippen MR) is 71.7 cm³/mol. The quantitative estimate of drug-likeness (QED) is 0.781. The van der Waals surface area contributed by atoms with Gasteiger partial charge in [0.2, 0.25) is 5.91 Å². The van der Waals surface area contributed by atoms with Crippen LogP contribution in [0.5, 0.6) is 0 Å². The summed E-state index contributed by atoms with van der Waals surface area (Å²) < 4.78 is 0. The van der Waals surface area contributed by atoms with Gasteiger partial charge in [0.25, 0.3) is 0 Å². The summed E-state index contributed by atoms with van der Waals surface area (Å²) in [7, 11) is 0. The van der Waals surface area contributed by atoms with E-state index < -0.39 is 0 Å². The van der Waals surface area contributed by atoms with Gasteiger partial charge in [-0.2, -0.15) is 0 Å². The van der Waals surface area contributed by atoms with Crippen molar-refractivity contribution in [1.82, 2.24) is 9.88 Å². The summed E-state index contributed by atoms with van der Waals surface area (Å²) in [5.74, 6) is -0.0276. The van der Waals surface area contributed by atoms with Crippen molar-refractivity contribution in [2.75, 3.05) is 13.1 Å². The molecule has 1 aliphatic rings. The second kappa shape index (κ2) is 4.80. The van der Waals surface area contributed by atoms with E-state index in [0.29, 0.717) is 6.54 Å². The van der Waals surface area contributed by atoms with Gasteiger partial charge in [0.1, 0.15) is 0 Å². The maximum Gasteiger partial charge on any atom is 0.230 e. The SMILES string of the molecule is O=C1CC(=O)N(CCc2ccc3ncccc3c2)C1. The Kier molecular flexibility index (Phi) is 2.99. The highest BCUT2D eigenvalue weighted by molar-refractivity contribution is 6.05. The van der Waals surface area contributed by atoms with E-state index in [-0.39, 0.29) is 24.7 Å². The molecule has 96 valence electrons. The minimum atomic E-state index is -0.0487. The van der Waals surface area contributed by atoms with Crippen LogP contribution in [-0.4, -0.2) is 34.7 Å². The minimum absolute atomic E-state index is 0.0210. The number of hydrogen-bond acceptors (Lipinski definition) is 3. The lowest BCUT2D eigenvalue weighted by Gasteiger charge is -2.14. The number of likely N-dealkylation sites (tertiary alicyclic amines) is 1. The number of Topliss-reactive ketones (excluding diaryl/α,β-unsaturated/α-hetero) is 1.